The van der Waals surface area contributed by atoms with Crippen molar-refractivity contribution in [2.45, 2.75) is 38.7 Å². The average Bonchev–Trinajstić information content (AvgIpc) is 2.85. The molecule has 3 rings (SSSR count). The molecule has 2 aliphatic rings. The number of nitrogens with one attached hydrogen (secondary N) is 1. The van der Waals surface area contributed by atoms with E-state index in [2.05, 4.69) is 36.5 Å². The number of hydrogen-bond donors (Lipinski definition) is 1. The Bertz CT molecular complexity index is 417. The van der Waals surface area contributed by atoms with Crippen LogP contribution >= 0.6 is 0 Å². The third kappa shape index (κ3) is 3.01. The molecule has 2 nitrogen and oxygen atoms in total. The lowest BCUT2D eigenvalue weighted by atomic mass is 9.96. The van der Waals surface area contributed by atoms with Crippen molar-refractivity contribution < 1.29 is 4.74 Å². The van der Waals surface area contributed by atoms with Crippen LogP contribution in [-0.4, -0.2) is 19.7 Å². The second-order valence-corrected chi connectivity index (χ2v) is 6.13. The zero-order valence-corrected chi connectivity index (χ0v) is 11.9. The molecule has 104 valence electrons. The van der Waals surface area contributed by atoms with Gasteiger partial charge in [-0.2, -0.15) is 0 Å². The Morgan fingerprint density at radius 2 is 2.11 bits per heavy atom. The van der Waals surface area contributed by atoms with Crippen molar-refractivity contribution in [3.63, 3.8) is 0 Å². The second-order valence-electron chi connectivity index (χ2n) is 6.13. The summed E-state index contributed by atoms with van der Waals surface area (Å²) in [6.45, 7) is 5.37. The molecule has 1 fully saturated rings. The Balaban J connectivity index is 1.53. The summed E-state index contributed by atoms with van der Waals surface area (Å²) >= 11 is 0. The van der Waals surface area contributed by atoms with E-state index in [4.69, 9.17) is 4.74 Å². The van der Waals surface area contributed by atoms with E-state index in [0.717, 1.165) is 38.0 Å². The number of ether oxygens (including phenoxy) is 1. The minimum absolute atomic E-state index is 0.252. The van der Waals surface area contributed by atoms with Gasteiger partial charge in [-0.15, -0.1) is 0 Å². The van der Waals surface area contributed by atoms with Crippen molar-refractivity contribution in [2.75, 3.05) is 19.7 Å². The number of fused-ring (bicyclic) bond motifs is 1. The molecule has 0 saturated heterocycles. The predicted molar refractivity (Wildman–Crippen MR) is 78.2 cm³/mol. The molecule has 0 amide bonds. The van der Waals surface area contributed by atoms with E-state index in [9.17, 15) is 0 Å². The molecule has 1 saturated carbocycles. The van der Waals surface area contributed by atoms with Crippen molar-refractivity contribution in [3.05, 3.63) is 35.4 Å². The van der Waals surface area contributed by atoms with Crippen LogP contribution in [0.3, 0.4) is 0 Å². The van der Waals surface area contributed by atoms with Crippen LogP contribution in [0.1, 0.15) is 43.4 Å². The molecule has 1 N–H and O–H groups in total. The first-order chi connectivity index (χ1) is 9.34. The molecule has 19 heavy (non-hydrogen) atoms. The minimum Gasteiger partial charge on any atom is -0.372 e. The summed E-state index contributed by atoms with van der Waals surface area (Å²) in [5.74, 6) is 1.77. The number of rotatable bonds is 4. The quantitative estimate of drug-likeness (QED) is 0.895. The monoisotopic (exact) mass is 259 g/mol. The first-order valence-corrected chi connectivity index (χ1v) is 7.74. The highest BCUT2D eigenvalue weighted by atomic mass is 16.5. The van der Waals surface area contributed by atoms with Crippen LogP contribution in [0.2, 0.25) is 0 Å². The van der Waals surface area contributed by atoms with Crippen molar-refractivity contribution in [1.29, 1.82) is 0 Å². The third-order valence-electron chi connectivity index (χ3n) is 4.87. The summed E-state index contributed by atoms with van der Waals surface area (Å²) in [5.41, 5.74) is 2.86. The molecule has 1 aliphatic heterocycles. The Labute approximate surface area is 116 Å². The summed E-state index contributed by atoms with van der Waals surface area (Å²) in [6.07, 6.45) is 5.54. The van der Waals surface area contributed by atoms with E-state index in [1.54, 1.807) is 0 Å². The van der Waals surface area contributed by atoms with Crippen LogP contribution in [0.4, 0.5) is 0 Å². The topological polar surface area (TPSA) is 21.3 Å². The first-order valence-electron chi connectivity index (χ1n) is 7.74. The van der Waals surface area contributed by atoms with E-state index in [1.807, 2.05) is 0 Å². The fraction of sp³-hybridized carbons (Fsp3) is 0.647. The van der Waals surface area contributed by atoms with Crippen molar-refractivity contribution in [3.8, 4) is 0 Å². The molecule has 0 aromatic heterocycles. The van der Waals surface area contributed by atoms with Crippen LogP contribution in [0.25, 0.3) is 0 Å². The van der Waals surface area contributed by atoms with Gasteiger partial charge in [-0.05, 0) is 42.3 Å². The zero-order valence-electron chi connectivity index (χ0n) is 11.9. The van der Waals surface area contributed by atoms with Gasteiger partial charge in [0.25, 0.3) is 0 Å². The molecule has 0 spiro atoms. The fourth-order valence-electron chi connectivity index (χ4n) is 3.57. The standard InChI is InChI=1S/C17H25NO/c1-13-5-4-7-15(13)11-18-12-17-16-8-3-2-6-14(16)9-10-19-17/h2-3,6,8,13,15,17-18H,4-5,7,9-12H2,1H3. The van der Waals surface area contributed by atoms with Crippen LogP contribution in [0.15, 0.2) is 24.3 Å². The van der Waals surface area contributed by atoms with Crippen LogP contribution in [0, 0.1) is 11.8 Å². The normalized spacial score (nSPS) is 30.3. The van der Waals surface area contributed by atoms with Crippen LogP contribution in [-0.2, 0) is 11.2 Å². The van der Waals surface area contributed by atoms with E-state index in [-0.39, 0.29) is 6.10 Å². The maximum Gasteiger partial charge on any atom is 0.0952 e. The molecule has 1 aromatic rings. The van der Waals surface area contributed by atoms with E-state index in [1.165, 1.54) is 30.4 Å². The zero-order chi connectivity index (χ0) is 13.1. The summed E-state index contributed by atoms with van der Waals surface area (Å²) in [5, 5.41) is 3.64. The minimum atomic E-state index is 0.252. The maximum absolute atomic E-state index is 5.93. The highest BCUT2D eigenvalue weighted by Gasteiger charge is 2.24. The van der Waals surface area contributed by atoms with Crippen LogP contribution in [0.5, 0.6) is 0 Å². The van der Waals surface area contributed by atoms with Gasteiger partial charge in [-0.25, -0.2) is 0 Å². The molecule has 2 heteroatoms. The number of benzene rings is 1. The predicted octanol–water partition coefficient (Wildman–Crippen LogP) is 3.33. The molecule has 3 atom stereocenters. The van der Waals surface area contributed by atoms with Gasteiger partial charge >= 0.3 is 0 Å². The van der Waals surface area contributed by atoms with E-state index < -0.39 is 0 Å². The molecule has 0 radical (unpaired) electrons. The highest BCUT2D eigenvalue weighted by molar-refractivity contribution is 5.31. The fourth-order valence-corrected chi connectivity index (χ4v) is 3.57. The Morgan fingerprint density at radius 1 is 1.21 bits per heavy atom. The lowest BCUT2D eigenvalue weighted by Gasteiger charge is -2.27. The van der Waals surface area contributed by atoms with Gasteiger partial charge in [-0.1, -0.05) is 44.0 Å². The summed E-state index contributed by atoms with van der Waals surface area (Å²) in [7, 11) is 0. The van der Waals surface area contributed by atoms with Crippen molar-refractivity contribution in [1.82, 2.24) is 5.32 Å². The Morgan fingerprint density at radius 3 is 2.95 bits per heavy atom. The molecule has 1 heterocycles. The molecule has 0 bridgehead atoms. The van der Waals surface area contributed by atoms with Crippen LogP contribution < -0.4 is 5.32 Å². The summed E-state index contributed by atoms with van der Waals surface area (Å²) in [6, 6.07) is 8.72. The first kappa shape index (κ1) is 13.1. The largest absolute Gasteiger partial charge is 0.372 e. The van der Waals surface area contributed by atoms with Crippen molar-refractivity contribution in [2.24, 2.45) is 11.8 Å². The Hall–Kier alpha value is -0.860. The smallest absolute Gasteiger partial charge is 0.0952 e. The SMILES string of the molecule is CC1CCCC1CNCC1OCCc2ccccc21. The Kier molecular flexibility index (Phi) is 4.19. The average molecular weight is 259 g/mol. The van der Waals surface area contributed by atoms with Gasteiger partial charge < -0.3 is 10.1 Å². The lowest BCUT2D eigenvalue weighted by Crippen LogP contribution is -2.31. The molecule has 1 aromatic carbocycles. The maximum atomic E-state index is 5.93. The van der Waals surface area contributed by atoms with Gasteiger partial charge in [0, 0.05) is 6.54 Å². The molecular weight excluding hydrogens is 234 g/mol. The third-order valence-corrected chi connectivity index (χ3v) is 4.87. The van der Waals surface area contributed by atoms with Gasteiger partial charge in [0.05, 0.1) is 12.7 Å². The van der Waals surface area contributed by atoms with Gasteiger partial charge in [0.15, 0.2) is 0 Å². The summed E-state index contributed by atoms with van der Waals surface area (Å²) < 4.78 is 5.93. The van der Waals surface area contributed by atoms with Crippen molar-refractivity contribution >= 4 is 0 Å². The van der Waals surface area contributed by atoms with Gasteiger partial charge in [0.2, 0.25) is 0 Å². The summed E-state index contributed by atoms with van der Waals surface area (Å²) in [4.78, 5) is 0. The molecule has 1 aliphatic carbocycles. The van der Waals surface area contributed by atoms with Gasteiger partial charge in [0.1, 0.15) is 0 Å². The van der Waals surface area contributed by atoms with Gasteiger partial charge in [-0.3, -0.25) is 0 Å². The lowest BCUT2D eigenvalue weighted by molar-refractivity contribution is 0.0417. The number of hydrogen-bond acceptors (Lipinski definition) is 2. The molecule has 3 unspecified atom stereocenters. The second kappa shape index (κ2) is 6.06. The van der Waals surface area contributed by atoms with E-state index >= 15 is 0 Å². The molecular formula is C17H25NO. The van der Waals surface area contributed by atoms with E-state index in [0.29, 0.717) is 0 Å². The highest BCUT2D eigenvalue weighted by Crippen LogP contribution is 2.31.